The van der Waals surface area contributed by atoms with Crippen LogP contribution in [0.4, 0.5) is 5.00 Å². The van der Waals surface area contributed by atoms with Crippen molar-refractivity contribution >= 4 is 22.2 Å². The molecule has 1 aromatic rings. The van der Waals surface area contributed by atoms with Gasteiger partial charge in [0.15, 0.2) is 0 Å². The molecule has 6 nitrogen and oxygen atoms in total. The summed E-state index contributed by atoms with van der Waals surface area (Å²) < 4.78 is 5.16. The molecule has 1 aliphatic rings. The van der Waals surface area contributed by atoms with Crippen LogP contribution in [0, 0.1) is 11.3 Å². The van der Waals surface area contributed by atoms with E-state index in [-0.39, 0.29) is 5.91 Å². The third-order valence-electron chi connectivity index (χ3n) is 4.15. The normalized spacial score (nSPS) is 19.4. The highest BCUT2D eigenvalue weighted by molar-refractivity contribution is 7.14. The molecule has 0 bridgehead atoms. The van der Waals surface area contributed by atoms with Gasteiger partial charge in [-0.2, -0.15) is 5.26 Å². The van der Waals surface area contributed by atoms with E-state index in [0.717, 1.165) is 39.2 Å². The van der Waals surface area contributed by atoms with Gasteiger partial charge >= 0.3 is 0 Å². The van der Waals surface area contributed by atoms with E-state index < -0.39 is 0 Å². The number of carbonyl (C=O) groups is 1. The van der Waals surface area contributed by atoms with Crippen molar-refractivity contribution in [3.8, 4) is 6.07 Å². The molecule has 2 heterocycles. The lowest BCUT2D eigenvalue weighted by molar-refractivity contribution is -0.118. The zero-order chi connectivity index (χ0) is 16.7. The molecule has 2 rings (SSSR count). The van der Waals surface area contributed by atoms with E-state index >= 15 is 0 Å². The molecule has 23 heavy (non-hydrogen) atoms. The molecule has 1 atom stereocenters. The average Bonchev–Trinajstić information content (AvgIpc) is 3.00. The zero-order valence-corrected chi connectivity index (χ0v) is 14.6. The molecular formula is C16H24N4O2S. The fraction of sp³-hybridized carbons (Fsp3) is 0.625. The Morgan fingerprint density at radius 3 is 3.09 bits per heavy atom. The van der Waals surface area contributed by atoms with E-state index in [9.17, 15) is 4.79 Å². The standard InChI is InChI=1S/C16H24N4O2S/c1-3-14-11-19(5-6-20(14)7-8-22-2)12-15(21)18-16-13(10-17)4-9-23-16/h4,9,14H,3,5-8,11-12H2,1-2H3,(H,18,21)/t14-/m0/s1. The summed E-state index contributed by atoms with van der Waals surface area (Å²) in [5, 5.41) is 14.3. The van der Waals surface area contributed by atoms with Crippen LogP contribution in [0.5, 0.6) is 0 Å². The van der Waals surface area contributed by atoms with Crippen LogP contribution in [-0.4, -0.2) is 68.2 Å². The second-order valence-corrected chi connectivity index (χ2v) is 6.57. The summed E-state index contributed by atoms with van der Waals surface area (Å²) in [4.78, 5) is 16.8. The van der Waals surface area contributed by atoms with E-state index in [4.69, 9.17) is 10.00 Å². The van der Waals surface area contributed by atoms with Crippen LogP contribution in [0.2, 0.25) is 0 Å². The lowest BCUT2D eigenvalue weighted by atomic mass is 10.1. The molecule has 1 fully saturated rings. The second kappa shape index (κ2) is 8.99. The number of ether oxygens (including phenoxy) is 1. The van der Waals surface area contributed by atoms with Gasteiger partial charge in [0.2, 0.25) is 5.91 Å². The third kappa shape index (κ3) is 5.01. The quantitative estimate of drug-likeness (QED) is 0.819. The second-order valence-electron chi connectivity index (χ2n) is 5.65. The molecule has 1 N–H and O–H groups in total. The predicted molar refractivity (Wildman–Crippen MR) is 91.6 cm³/mol. The van der Waals surface area contributed by atoms with Crippen molar-refractivity contribution in [1.29, 1.82) is 5.26 Å². The molecule has 1 amide bonds. The van der Waals surface area contributed by atoms with Crippen LogP contribution in [0.1, 0.15) is 18.9 Å². The fourth-order valence-corrected chi connectivity index (χ4v) is 3.61. The summed E-state index contributed by atoms with van der Waals surface area (Å²) >= 11 is 1.38. The molecule has 0 radical (unpaired) electrons. The first kappa shape index (κ1) is 17.9. The van der Waals surface area contributed by atoms with Crippen molar-refractivity contribution < 1.29 is 9.53 Å². The van der Waals surface area contributed by atoms with E-state index in [1.165, 1.54) is 11.3 Å². The van der Waals surface area contributed by atoms with Crippen molar-refractivity contribution in [3.05, 3.63) is 17.0 Å². The minimum atomic E-state index is -0.0517. The number of nitriles is 1. The van der Waals surface area contributed by atoms with Crippen molar-refractivity contribution in [2.24, 2.45) is 0 Å². The number of anilines is 1. The van der Waals surface area contributed by atoms with Crippen LogP contribution in [0.25, 0.3) is 0 Å². The molecular weight excluding hydrogens is 312 g/mol. The van der Waals surface area contributed by atoms with Crippen LogP contribution in [0.3, 0.4) is 0 Å². The molecule has 0 unspecified atom stereocenters. The van der Waals surface area contributed by atoms with Gasteiger partial charge in [0.1, 0.15) is 11.1 Å². The predicted octanol–water partition coefficient (Wildman–Crippen LogP) is 1.60. The summed E-state index contributed by atoms with van der Waals surface area (Å²) in [6.07, 6.45) is 1.06. The van der Waals surface area contributed by atoms with E-state index in [2.05, 4.69) is 28.1 Å². The van der Waals surface area contributed by atoms with Gasteiger partial charge in [0.25, 0.3) is 0 Å². The van der Waals surface area contributed by atoms with Crippen molar-refractivity contribution in [1.82, 2.24) is 9.80 Å². The highest BCUT2D eigenvalue weighted by Crippen LogP contribution is 2.22. The van der Waals surface area contributed by atoms with Crippen LogP contribution >= 0.6 is 11.3 Å². The Morgan fingerprint density at radius 1 is 1.57 bits per heavy atom. The van der Waals surface area contributed by atoms with Crippen molar-refractivity contribution in [3.63, 3.8) is 0 Å². The molecule has 1 aromatic heterocycles. The molecule has 0 spiro atoms. The maximum atomic E-state index is 12.2. The number of hydrogen-bond acceptors (Lipinski definition) is 6. The SMILES string of the molecule is CC[C@H]1CN(CC(=O)Nc2sccc2C#N)CCN1CCOC. The first-order chi connectivity index (χ1) is 11.2. The van der Waals surface area contributed by atoms with Crippen LogP contribution in [-0.2, 0) is 9.53 Å². The molecule has 0 saturated carbocycles. The number of rotatable bonds is 7. The van der Waals surface area contributed by atoms with Gasteiger partial charge in [-0.1, -0.05) is 6.92 Å². The van der Waals surface area contributed by atoms with Gasteiger partial charge in [-0.05, 0) is 17.9 Å². The third-order valence-corrected chi connectivity index (χ3v) is 4.98. The van der Waals surface area contributed by atoms with Gasteiger partial charge in [-0.25, -0.2) is 0 Å². The number of nitrogens with zero attached hydrogens (tertiary/aromatic N) is 3. The highest BCUT2D eigenvalue weighted by Gasteiger charge is 2.26. The van der Waals surface area contributed by atoms with Gasteiger partial charge in [0, 0.05) is 39.3 Å². The maximum Gasteiger partial charge on any atom is 0.239 e. The first-order valence-corrected chi connectivity index (χ1v) is 8.78. The van der Waals surface area contributed by atoms with Gasteiger partial charge in [-0.15, -0.1) is 11.3 Å². The molecule has 0 aliphatic carbocycles. The van der Waals surface area contributed by atoms with Gasteiger partial charge in [-0.3, -0.25) is 14.6 Å². The zero-order valence-electron chi connectivity index (χ0n) is 13.7. The Hall–Kier alpha value is -1.46. The molecule has 1 saturated heterocycles. The number of carbonyl (C=O) groups excluding carboxylic acids is 1. The number of hydrogen-bond donors (Lipinski definition) is 1. The summed E-state index contributed by atoms with van der Waals surface area (Å²) in [7, 11) is 1.72. The minimum Gasteiger partial charge on any atom is -0.383 e. The molecule has 1 aliphatic heterocycles. The van der Waals surface area contributed by atoms with E-state index in [0.29, 0.717) is 23.2 Å². The highest BCUT2D eigenvalue weighted by atomic mass is 32.1. The Bertz CT molecular complexity index is 555. The molecule has 126 valence electrons. The summed E-state index contributed by atoms with van der Waals surface area (Å²) in [5.41, 5.74) is 0.527. The van der Waals surface area contributed by atoms with Crippen molar-refractivity contribution in [2.75, 3.05) is 51.8 Å². The minimum absolute atomic E-state index is 0.0517. The van der Waals surface area contributed by atoms with Gasteiger partial charge in [0.05, 0.1) is 18.7 Å². The maximum absolute atomic E-state index is 12.2. The largest absolute Gasteiger partial charge is 0.383 e. The van der Waals surface area contributed by atoms with E-state index in [1.807, 2.05) is 5.38 Å². The Kier molecular flexibility index (Phi) is 6.99. The van der Waals surface area contributed by atoms with Crippen molar-refractivity contribution in [2.45, 2.75) is 19.4 Å². The Morgan fingerprint density at radius 2 is 2.39 bits per heavy atom. The molecule has 0 aromatic carbocycles. The molecule has 7 heteroatoms. The van der Waals surface area contributed by atoms with Crippen LogP contribution < -0.4 is 5.32 Å². The number of piperazine rings is 1. The summed E-state index contributed by atoms with van der Waals surface area (Å²) in [6, 6.07) is 4.28. The monoisotopic (exact) mass is 336 g/mol. The number of amides is 1. The summed E-state index contributed by atoms with van der Waals surface area (Å²) in [6.45, 7) is 6.96. The number of nitrogens with one attached hydrogen (secondary N) is 1. The van der Waals surface area contributed by atoms with Gasteiger partial charge < -0.3 is 10.1 Å². The lowest BCUT2D eigenvalue weighted by Gasteiger charge is -2.40. The van der Waals surface area contributed by atoms with Crippen LogP contribution in [0.15, 0.2) is 11.4 Å². The van der Waals surface area contributed by atoms with E-state index in [1.54, 1.807) is 13.2 Å². The smallest absolute Gasteiger partial charge is 0.239 e. The Balaban J connectivity index is 1.84. The number of methoxy groups -OCH3 is 1. The summed E-state index contributed by atoms with van der Waals surface area (Å²) in [5.74, 6) is -0.0517. The average molecular weight is 336 g/mol. The first-order valence-electron chi connectivity index (χ1n) is 7.90. The number of thiophene rings is 1. The topological polar surface area (TPSA) is 68.6 Å². The lowest BCUT2D eigenvalue weighted by Crippen LogP contribution is -2.54. The fourth-order valence-electron chi connectivity index (χ4n) is 2.85. The Labute approximate surface area is 141 Å².